The fourth-order valence-corrected chi connectivity index (χ4v) is 3.43. The first kappa shape index (κ1) is 28.6. The Bertz CT molecular complexity index is 1070. The van der Waals surface area contributed by atoms with Gasteiger partial charge < -0.3 is 26.4 Å². The van der Waals surface area contributed by atoms with Gasteiger partial charge in [0.1, 0.15) is 6.04 Å². The van der Waals surface area contributed by atoms with E-state index in [0.717, 1.165) is 17.7 Å². The van der Waals surface area contributed by atoms with Gasteiger partial charge in [0.15, 0.2) is 0 Å². The lowest BCUT2D eigenvalue weighted by Gasteiger charge is -2.36. The summed E-state index contributed by atoms with van der Waals surface area (Å²) in [7, 11) is 1.50. The molecule has 3 amide bonds. The normalized spacial score (nSPS) is 13.4. The fourth-order valence-electron chi connectivity index (χ4n) is 3.43. The maximum Gasteiger partial charge on any atom is 0.416 e. The van der Waals surface area contributed by atoms with Crippen LogP contribution in [0.1, 0.15) is 42.3 Å². The van der Waals surface area contributed by atoms with Crippen molar-refractivity contribution in [2.45, 2.75) is 45.6 Å². The predicted molar refractivity (Wildman–Crippen MR) is 126 cm³/mol. The van der Waals surface area contributed by atoms with E-state index in [-0.39, 0.29) is 5.56 Å². The van der Waals surface area contributed by atoms with Crippen molar-refractivity contribution in [2.75, 3.05) is 13.7 Å². The maximum absolute atomic E-state index is 12.9. The van der Waals surface area contributed by atoms with E-state index in [9.17, 15) is 27.6 Å². The molecule has 0 fully saturated rings. The van der Waals surface area contributed by atoms with Gasteiger partial charge in [-0.3, -0.25) is 14.4 Å². The van der Waals surface area contributed by atoms with Crippen LogP contribution in [-0.4, -0.2) is 48.4 Å². The van der Waals surface area contributed by atoms with E-state index in [1.54, 1.807) is 18.3 Å². The van der Waals surface area contributed by atoms with Crippen LogP contribution < -0.4 is 26.4 Å². The van der Waals surface area contributed by atoms with Crippen molar-refractivity contribution >= 4 is 17.7 Å². The average Bonchev–Trinajstić information content (AvgIpc) is 2.81. The standard InChI is InChI=1S/C24H30F3N5O4/c1-23(2,3)20(30-12-14-8-9-18(36-4)29-11-14)19(21(28)34)32-17(33)13-31-22(35)15-6-5-7-16(10-15)24(25,26)27/h5-11,19-20,30H,12-13H2,1-4H3,(H2,28,34)(H,31,35)(H,32,33). The summed E-state index contributed by atoms with van der Waals surface area (Å²) in [6, 6.07) is 5.54. The molecule has 1 aromatic heterocycles. The minimum Gasteiger partial charge on any atom is -0.481 e. The van der Waals surface area contributed by atoms with Gasteiger partial charge >= 0.3 is 6.18 Å². The largest absolute Gasteiger partial charge is 0.481 e. The number of nitrogens with one attached hydrogen (secondary N) is 3. The summed E-state index contributed by atoms with van der Waals surface area (Å²) < 4.78 is 43.7. The van der Waals surface area contributed by atoms with Gasteiger partial charge in [-0.2, -0.15) is 13.2 Å². The Morgan fingerprint density at radius 2 is 1.81 bits per heavy atom. The van der Waals surface area contributed by atoms with Crippen molar-refractivity contribution in [1.29, 1.82) is 0 Å². The molecule has 0 saturated carbocycles. The van der Waals surface area contributed by atoms with E-state index in [0.29, 0.717) is 18.5 Å². The summed E-state index contributed by atoms with van der Waals surface area (Å²) >= 11 is 0. The van der Waals surface area contributed by atoms with Crippen LogP contribution in [0.5, 0.6) is 5.88 Å². The quantitative estimate of drug-likeness (QED) is 0.387. The molecule has 0 radical (unpaired) electrons. The SMILES string of the molecule is COc1ccc(CNC(C(NC(=O)CNC(=O)c2cccc(C(F)(F)F)c2)C(N)=O)C(C)(C)C)cn1. The van der Waals surface area contributed by atoms with Crippen molar-refractivity contribution in [3.63, 3.8) is 0 Å². The fraction of sp³-hybridized carbons (Fsp3) is 0.417. The summed E-state index contributed by atoms with van der Waals surface area (Å²) in [4.78, 5) is 41.2. The molecule has 2 aromatic rings. The number of nitrogens with zero attached hydrogens (tertiary/aromatic N) is 1. The van der Waals surface area contributed by atoms with Gasteiger partial charge in [0.05, 0.1) is 19.2 Å². The van der Waals surface area contributed by atoms with Crippen molar-refractivity contribution < 1.29 is 32.3 Å². The minimum atomic E-state index is -4.61. The molecule has 9 nitrogen and oxygen atoms in total. The van der Waals surface area contributed by atoms with Gasteiger partial charge in [-0.25, -0.2) is 4.98 Å². The van der Waals surface area contributed by atoms with Gasteiger partial charge in [-0.05, 0) is 29.2 Å². The highest BCUT2D eigenvalue weighted by Crippen LogP contribution is 2.29. The number of carbonyl (C=O) groups excluding carboxylic acids is 3. The minimum absolute atomic E-state index is 0.258. The lowest BCUT2D eigenvalue weighted by atomic mass is 9.81. The summed E-state index contributed by atoms with van der Waals surface area (Å²) in [6.07, 6.45) is -3.01. The van der Waals surface area contributed by atoms with Gasteiger partial charge in [0.2, 0.25) is 17.7 Å². The molecule has 0 aliphatic rings. The van der Waals surface area contributed by atoms with Crippen LogP contribution in [0.4, 0.5) is 13.2 Å². The number of alkyl halides is 3. The number of primary amides is 1. The molecule has 0 aliphatic carbocycles. The third kappa shape index (κ3) is 8.22. The Balaban J connectivity index is 2.05. The number of aromatic nitrogens is 1. The molecule has 196 valence electrons. The molecule has 0 spiro atoms. The molecule has 2 unspecified atom stereocenters. The van der Waals surface area contributed by atoms with Crippen LogP contribution in [0.25, 0.3) is 0 Å². The number of nitrogens with two attached hydrogens (primary N) is 1. The average molecular weight is 510 g/mol. The topological polar surface area (TPSA) is 135 Å². The molecule has 0 aliphatic heterocycles. The van der Waals surface area contributed by atoms with Gasteiger partial charge in [-0.1, -0.05) is 32.9 Å². The van der Waals surface area contributed by atoms with E-state index in [4.69, 9.17) is 10.5 Å². The highest BCUT2D eigenvalue weighted by atomic mass is 19.4. The summed E-state index contributed by atoms with van der Waals surface area (Å²) in [5.74, 6) is -1.96. The first-order valence-electron chi connectivity index (χ1n) is 11.0. The Morgan fingerprint density at radius 1 is 1.11 bits per heavy atom. The zero-order valence-corrected chi connectivity index (χ0v) is 20.4. The second kappa shape index (κ2) is 11.8. The van der Waals surface area contributed by atoms with Crippen molar-refractivity contribution in [2.24, 2.45) is 11.1 Å². The molecule has 1 aromatic carbocycles. The van der Waals surface area contributed by atoms with E-state index in [2.05, 4.69) is 20.9 Å². The number of pyridine rings is 1. The lowest BCUT2D eigenvalue weighted by Crippen LogP contribution is -2.61. The molecule has 5 N–H and O–H groups in total. The van der Waals surface area contributed by atoms with Gasteiger partial charge in [0.25, 0.3) is 5.91 Å². The zero-order valence-electron chi connectivity index (χ0n) is 20.4. The number of carbonyl (C=O) groups is 3. The Labute approximate surface area is 207 Å². The first-order chi connectivity index (χ1) is 16.7. The Kier molecular flexibility index (Phi) is 9.40. The molecule has 0 bridgehead atoms. The van der Waals surface area contributed by atoms with Crippen molar-refractivity contribution in [1.82, 2.24) is 20.9 Å². The number of hydrogen-bond donors (Lipinski definition) is 4. The second-order valence-electron chi connectivity index (χ2n) is 9.14. The number of halogens is 3. The highest BCUT2D eigenvalue weighted by molar-refractivity contribution is 5.97. The zero-order chi connectivity index (χ0) is 27.1. The number of amides is 3. The van der Waals surface area contributed by atoms with Crippen LogP contribution in [0.3, 0.4) is 0 Å². The molecule has 1 heterocycles. The number of ether oxygens (including phenoxy) is 1. The van der Waals surface area contributed by atoms with Gasteiger partial charge in [0, 0.05) is 30.4 Å². The van der Waals surface area contributed by atoms with Crippen LogP contribution in [0.2, 0.25) is 0 Å². The molecule has 0 saturated heterocycles. The summed E-state index contributed by atoms with van der Waals surface area (Å²) in [5, 5.41) is 7.99. The van der Waals surface area contributed by atoms with E-state index in [1.807, 2.05) is 20.8 Å². The molecular weight excluding hydrogens is 479 g/mol. The number of benzene rings is 1. The Morgan fingerprint density at radius 3 is 2.33 bits per heavy atom. The van der Waals surface area contributed by atoms with Crippen LogP contribution in [0, 0.1) is 5.41 Å². The predicted octanol–water partition coefficient (Wildman–Crippen LogP) is 2.01. The van der Waals surface area contributed by atoms with Gasteiger partial charge in [-0.15, -0.1) is 0 Å². The highest BCUT2D eigenvalue weighted by Gasteiger charge is 2.36. The monoisotopic (exact) mass is 509 g/mol. The third-order valence-corrected chi connectivity index (χ3v) is 5.28. The second-order valence-corrected chi connectivity index (χ2v) is 9.14. The molecule has 2 rings (SSSR count). The first-order valence-corrected chi connectivity index (χ1v) is 11.0. The van der Waals surface area contributed by atoms with Crippen molar-refractivity contribution in [3.05, 3.63) is 59.3 Å². The van der Waals surface area contributed by atoms with E-state index >= 15 is 0 Å². The lowest BCUT2D eigenvalue weighted by molar-refractivity contribution is -0.137. The van der Waals surface area contributed by atoms with Crippen LogP contribution in [-0.2, 0) is 22.3 Å². The number of methoxy groups -OCH3 is 1. The number of rotatable bonds is 10. The Hall–Kier alpha value is -3.67. The molecular formula is C24H30F3N5O4. The maximum atomic E-state index is 12.9. The van der Waals surface area contributed by atoms with Crippen LogP contribution in [0.15, 0.2) is 42.6 Å². The third-order valence-electron chi connectivity index (χ3n) is 5.28. The molecule has 2 atom stereocenters. The van der Waals surface area contributed by atoms with Crippen LogP contribution >= 0.6 is 0 Å². The number of hydrogen-bond acceptors (Lipinski definition) is 6. The molecule has 12 heteroatoms. The van der Waals surface area contributed by atoms with E-state index in [1.165, 1.54) is 13.2 Å². The smallest absolute Gasteiger partial charge is 0.416 e. The van der Waals surface area contributed by atoms with E-state index < -0.39 is 53.5 Å². The summed E-state index contributed by atoms with van der Waals surface area (Å²) in [6.45, 7) is 5.31. The van der Waals surface area contributed by atoms with Crippen molar-refractivity contribution in [3.8, 4) is 5.88 Å². The summed E-state index contributed by atoms with van der Waals surface area (Å²) in [5.41, 5.74) is 4.60. The molecule has 36 heavy (non-hydrogen) atoms.